The van der Waals surface area contributed by atoms with Crippen molar-refractivity contribution in [2.24, 2.45) is 17.2 Å². The number of carbonyl (C=O) groups is 1. The number of ether oxygens (including phenoxy) is 5. The van der Waals surface area contributed by atoms with E-state index >= 15 is 0 Å². The van der Waals surface area contributed by atoms with Crippen LogP contribution < -0.4 is 17.2 Å². The van der Waals surface area contributed by atoms with Gasteiger partial charge >= 0.3 is 0 Å². The van der Waals surface area contributed by atoms with Gasteiger partial charge in [-0.15, -0.1) is 0 Å². The Balaban J connectivity index is 1.79. The van der Waals surface area contributed by atoms with E-state index in [0.29, 0.717) is 0 Å². The van der Waals surface area contributed by atoms with E-state index in [4.69, 9.17) is 40.9 Å². The number of aliphatic hydroxyl groups excluding tert-OH is 7. The molecule has 38 heavy (non-hydrogen) atoms. The summed E-state index contributed by atoms with van der Waals surface area (Å²) in [6.07, 6.45) is -17.7. The first kappa shape index (κ1) is 31.4. The maximum absolute atomic E-state index is 11.9. The van der Waals surface area contributed by atoms with Gasteiger partial charge in [0, 0.05) is 25.8 Å². The summed E-state index contributed by atoms with van der Waals surface area (Å²) in [4.78, 5) is 11.9. The van der Waals surface area contributed by atoms with E-state index in [2.05, 4.69) is 0 Å². The van der Waals surface area contributed by atoms with Crippen molar-refractivity contribution >= 4 is 5.91 Å². The second-order valence-corrected chi connectivity index (χ2v) is 9.88. The van der Waals surface area contributed by atoms with Crippen molar-refractivity contribution in [2.45, 2.75) is 112 Å². The molecule has 0 aromatic carbocycles. The third-order valence-corrected chi connectivity index (χ3v) is 7.09. The molecule has 16 nitrogen and oxygen atoms in total. The van der Waals surface area contributed by atoms with Gasteiger partial charge in [-0.05, 0) is 13.0 Å². The number of rotatable bonds is 11. The van der Waals surface area contributed by atoms with Crippen LogP contribution >= 0.6 is 0 Å². The van der Waals surface area contributed by atoms with Gasteiger partial charge in [0.15, 0.2) is 12.6 Å². The highest BCUT2D eigenvalue weighted by Crippen LogP contribution is 2.33. The molecule has 3 rings (SSSR count). The fraction of sp³-hybridized carbons (Fsp3) is 0.955. The molecule has 0 bridgehead atoms. The Labute approximate surface area is 219 Å². The van der Waals surface area contributed by atoms with Crippen molar-refractivity contribution in [1.82, 2.24) is 0 Å². The van der Waals surface area contributed by atoms with Crippen molar-refractivity contribution in [3.63, 3.8) is 0 Å². The van der Waals surface area contributed by atoms with Crippen molar-refractivity contribution in [3.05, 3.63) is 0 Å². The molecule has 222 valence electrons. The summed E-state index contributed by atoms with van der Waals surface area (Å²) >= 11 is 0. The van der Waals surface area contributed by atoms with E-state index in [-0.39, 0.29) is 38.8 Å². The average molecular weight is 556 g/mol. The zero-order chi connectivity index (χ0) is 28.1. The number of nitrogens with two attached hydrogens (primary N) is 3. The molecule has 1 amide bonds. The fourth-order valence-corrected chi connectivity index (χ4v) is 4.90. The summed E-state index contributed by atoms with van der Waals surface area (Å²) in [5.41, 5.74) is 16.6. The SMILES string of the molecule is NCC[C@H](OC1C[C@H](O[C@H]2O[C@H](CO)[C@@H](O)C[C@H]2O)[C@@H](O)[C@H](O[C@H]2O[C@H](CN)[C@@H](O)[C@H](O)[C@H]2O)C1)C(N)=O. The van der Waals surface area contributed by atoms with Crippen LogP contribution in [0.3, 0.4) is 0 Å². The van der Waals surface area contributed by atoms with Gasteiger partial charge in [0.25, 0.3) is 0 Å². The molecule has 2 saturated heterocycles. The fourth-order valence-electron chi connectivity index (χ4n) is 4.90. The molecule has 0 radical (unpaired) electrons. The van der Waals surface area contributed by atoms with Gasteiger partial charge in [0.1, 0.15) is 48.8 Å². The summed E-state index contributed by atoms with van der Waals surface area (Å²) < 4.78 is 28.5. The Morgan fingerprint density at radius 1 is 0.816 bits per heavy atom. The molecule has 0 spiro atoms. The zero-order valence-electron chi connectivity index (χ0n) is 20.8. The molecule has 14 atom stereocenters. The summed E-state index contributed by atoms with van der Waals surface area (Å²) in [6, 6.07) is 0. The third kappa shape index (κ3) is 7.35. The van der Waals surface area contributed by atoms with E-state index in [1.165, 1.54) is 0 Å². The van der Waals surface area contributed by atoms with Gasteiger partial charge in [0.2, 0.25) is 5.91 Å². The van der Waals surface area contributed by atoms with Gasteiger partial charge in [-0.25, -0.2) is 0 Å². The summed E-state index contributed by atoms with van der Waals surface area (Å²) in [6.45, 7) is -0.618. The van der Waals surface area contributed by atoms with Crippen LogP contribution in [-0.2, 0) is 28.5 Å². The average Bonchev–Trinajstić information content (AvgIpc) is 2.87. The quantitative estimate of drug-likeness (QED) is 0.114. The van der Waals surface area contributed by atoms with Crippen molar-refractivity contribution in [2.75, 3.05) is 19.7 Å². The molecular formula is C22H41N3O13. The molecule has 1 aliphatic carbocycles. The van der Waals surface area contributed by atoms with Gasteiger partial charge in [-0.2, -0.15) is 0 Å². The molecule has 3 fully saturated rings. The minimum absolute atomic E-state index is 0.00482. The Morgan fingerprint density at radius 2 is 1.42 bits per heavy atom. The standard InChI is InChI=1S/C22H41N3O13/c23-2-1-11(20(25)33)34-8-3-12(35-21-10(28)5-9(27)15(7-26)38-21)16(29)13(4-8)36-22-19(32)18(31)17(30)14(6-24)37-22/h8-19,21-22,26-32H,1-7,23-24H2,(H2,25,33)/t8?,9-,10+,11-,12-,13+,14+,15+,16+,17+,18-,19+,21-,22-/m0/s1. The lowest BCUT2D eigenvalue weighted by atomic mass is 9.88. The smallest absolute Gasteiger partial charge is 0.246 e. The Bertz CT molecular complexity index is 751. The lowest BCUT2D eigenvalue weighted by Crippen LogP contribution is -2.62. The van der Waals surface area contributed by atoms with Gasteiger partial charge < -0.3 is 76.6 Å². The van der Waals surface area contributed by atoms with E-state index < -0.39 is 98.3 Å². The minimum Gasteiger partial charge on any atom is -0.394 e. The molecular weight excluding hydrogens is 514 g/mol. The topological polar surface area (TPSA) is 283 Å². The molecule has 0 aromatic rings. The summed E-state index contributed by atoms with van der Waals surface area (Å²) in [5.74, 6) is -0.753. The summed E-state index contributed by atoms with van der Waals surface area (Å²) in [5, 5.41) is 71.6. The second-order valence-electron chi connectivity index (χ2n) is 9.88. The van der Waals surface area contributed by atoms with Crippen LogP contribution in [0.5, 0.6) is 0 Å². The predicted molar refractivity (Wildman–Crippen MR) is 125 cm³/mol. The van der Waals surface area contributed by atoms with Crippen molar-refractivity contribution in [1.29, 1.82) is 0 Å². The molecule has 3 aliphatic rings. The highest BCUT2D eigenvalue weighted by atomic mass is 16.7. The molecule has 1 unspecified atom stereocenters. The van der Waals surface area contributed by atoms with Crippen LogP contribution in [0, 0.1) is 0 Å². The number of hydrogen-bond donors (Lipinski definition) is 10. The Hall–Kier alpha value is -1.09. The summed E-state index contributed by atoms with van der Waals surface area (Å²) in [7, 11) is 0. The van der Waals surface area contributed by atoms with E-state index in [1.54, 1.807) is 0 Å². The predicted octanol–water partition coefficient (Wildman–Crippen LogP) is -5.91. The van der Waals surface area contributed by atoms with E-state index in [1.807, 2.05) is 0 Å². The maximum atomic E-state index is 11.9. The van der Waals surface area contributed by atoms with Crippen LogP contribution in [0.2, 0.25) is 0 Å². The molecule has 13 N–H and O–H groups in total. The number of aliphatic hydroxyl groups is 7. The number of hydrogen-bond acceptors (Lipinski definition) is 15. The molecule has 1 saturated carbocycles. The van der Waals surface area contributed by atoms with Crippen molar-refractivity contribution in [3.8, 4) is 0 Å². The van der Waals surface area contributed by atoms with Crippen LogP contribution in [0.4, 0.5) is 0 Å². The van der Waals surface area contributed by atoms with Crippen molar-refractivity contribution < 1.29 is 64.2 Å². The van der Waals surface area contributed by atoms with Crippen LogP contribution in [0.25, 0.3) is 0 Å². The lowest BCUT2D eigenvalue weighted by molar-refractivity contribution is -0.333. The van der Waals surface area contributed by atoms with Gasteiger partial charge in [0.05, 0.1) is 31.0 Å². The van der Waals surface area contributed by atoms with Gasteiger partial charge in [-0.3, -0.25) is 4.79 Å². The molecule has 2 aliphatic heterocycles. The monoisotopic (exact) mass is 555 g/mol. The number of carbonyl (C=O) groups excluding carboxylic acids is 1. The number of primary amides is 1. The normalized spacial score (nSPS) is 45.0. The Morgan fingerprint density at radius 3 is 1.97 bits per heavy atom. The lowest BCUT2D eigenvalue weighted by Gasteiger charge is -2.46. The second kappa shape index (κ2) is 14.0. The first-order valence-corrected chi connectivity index (χ1v) is 12.7. The number of amides is 1. The van der Waals surface area contributed by atoms with Crippen LogP contribution in [0.15, 0.2) is 0 Å². The van der Waals surface area contributed by atoms with E-state index in [9.17, 15) is 40.5 Å². The largest absolute Gasteiger partial charge is 0.394 e. The highest BCUT2D eigenvalue weighted by Gasteiger charge is 2.49. The van der Waals surface area contributed by atoms with Gasteiger partial charge in [-0.1, -0.05) is 0 Å². The third-order valence-electron chi connectivity index (χ3n) is 7.09. The van der Waals surface area contributed by atoms with E-state index in [0.717, 1.165) is 0 Å². The van der Waals surface area contributed by atoms with Crippen LogP contribution in [0.1, 0.15) is 25.7 Å². The molecule has 16 heteroatoms. The zero-order valence-corrected chi connectivity index (χ0v) is 20.8. The minimum atomic E-state index is -1.69. The van der Waals surface area contributed by atoms with Crippen LogP contribution in [-0.4, -0.2) is 147 Å². The highest BCUT2D eigenvalue weighted by molar-refractivity contribution is 5.78. The first-order chi connectivity index (χ1) is 18.0. The maximum Gasteiger partial charge on any atom is 0.246 e. The first-order valence-electron chi connectivity index (χ1n) is 12.7. The Kier molecular flexibility index (Phi) is 11.6. The molecule has 2 heterocycles. The molecule has 0 aromatic heterocycles.